The standard InChI is InChI=1S/C30H38N4O7/c1-30(2,3)41-29(38)34-17-20-15-23(34)28(37)32-16-26-24(35)7-5-21(40-26)10-13-39-25-14-19(18-8-11-31-12-9-18)4-6-22(25)27(36)33-20/h4,6,8-9,11-12,14,20-21,23-24,26,35H,5,7,10,13,15-17H2,1-3H3,(H,32,37)(H,33,36)/t20-,21-,23-,24-,26+/m0/s1. The first-order valence-corrected chi connectivity index (χ1v) is 14.2. The van der Waals surface area contributed by atoms with Crippen molar-refractivity contribution < 1.29 is 33.7 Å². The molecule has 2 aromatic rings. The minimum Gasteiger partial charge on any atom is -0.493 e. The van der Waals surface area contributed by atoms with E-state index in [1.54, 1.807) is 39.2 Å². The van der Waals surface area contributed by atoms with Crippen LogP contribution in [-0.2, 0) is 14.3 Å². The van der Waals surface area contributed by atoms with Crippen molar-refractivity contribution in [2.24, 2.45) is 0 Å². The predicted octanol–water partition coefficient (Wildman–Crippen LogP) is 2.66. The van der Waals surface area contributed by atoms with E-state index < -0.39 is 36.0 Å². The summed E-state index contributed by atoms with van der Waals surface area (Å²) in [5.41, 5.74) is 1.40. The Morgan fingerprint density at radius 1 is 1.10 bits per heavy atom. The summed E-state index contributed by atoms with van der Waals surface area (Å²) in [6, 6.07) is 7.82. The molecule has 0 spiro atoms. The number of hydrogen-bond acceptors (Lipinski definition) is 8. The number of likely N-dealkylation sites (tertiary alicyclic amines) is 1. The molecule has 41 heavy (non-hydrogen) atoms. The van der Waals surface area contributed by atoms with Crippen molar-refractivity contribution >= 4 is 17.9 Å². The zero-order valence-corrected chi connectivity index (χ0v) is 23.7. The van der Waals surface area contributed by atoms with Gasteiger partial charge in [0.05, 0.1) is 24.4 Å². The molecule has 1 aromatic heterocycles. The van der Waals surface area contributed by atoms with Gasteiger partial charge in [0.2, 0.25) is 5.91 Å². The third-order valence-corrected chi connectivity index (χ3v) is 7.56. The number of rotatable bonds is 1. The molecule has 0 saturated carbocycles. The summed E-state index contributed by atoms with van der Waals surface area (Å²) < 4.78 is 17.9. The van der Waals surface area contributed by atoms with Gasteiger partial charge in [0, 0.05) is 37.9 Å². The maximum atomic E-state index is 13.5. The summed E-state index contributed by atoms with van der Waals surface area (Å²) in [5.74, 6) is -0.323. The molecule has 11 nitrogen and oxygen atoms in total. The minimum atomic E-state index is -0.857. The van der Waals surface area contributed by atoms with Crippen LogP contribution in [0.15, 0.2) is 42.7 Å². The number of carbonyl (C=O) groups is 3. The predicted molar refractivity (Wildman–Crippen MR) is 149 cm³/mol. The highest BCUT2D eigenvalue weighted by Crippen LogP contribution is 2.30. The first-order valence-electron chi connectivity index (χ1n) is 14.2. The van der Waals surface area contributed by atoms with Gasteiger partial charge in [0.25, 0.3) is 5.91 Å². The van der Waals surface area contributed by atoms with Crippen LogP contribution in [0.25, 0.3) is 11.1 Å². The van der Waals surface area contributed by atoms with E-state index >= 15 is 0 Å². The summed E-state index contributed by atoms with van der Waals surface area (Å²) in [4.78, 5) is 45.4. The lowest BCUT2D eigenvalue weighted by molar-refractivity contribution is -0.133. The van der Waals surface area contributed by atoms with Crippen molar-refractivity contribution in [3.8, 4) is 16.9 Å². The molecule has 220 valence electrons. The molecule has 0 unspecified atom stereocenters. The molecule has 5 rings (SSSR count). The van der Waals surface area contributed by atoms with Gasteiger partial charge in [0.1, 0.15) is 23.5 Å². The van der Waals surface area contributed by atoms with Gasteiger partial charge in [-0.2, -0.15) is 0 Å². The number of fused-ring (bicyclic) bond motifs is 5. The van der Waals surface area contributed by atoms with Crippen molar-refractivity contribution in [3.05, 3.63) is 48.3 Å². The van der Waals surface area contributed by atoms with Crippen molar-refractivity contribution in [1.29, 1.82) is 0 Å². The van der Waals surface area contributed by atoms with Crippen molar-refractivity contribution in [3.63, 3.8) is 0 Å². The monoisotopic (exact) mass is 566 g/mol. The van der Waals surface area contributed by atoms with E-state index in [0.717, 1.165) is 11.1 Å². The van der Waals surface area contributed by atoms with Gasteiger partial charge in [-0.25, -0.2) is 4.79 Å². The molecule has 3 amide bonds. The van der Waals surface area contributed by atoms with Crippen LogP contribution >= 0.6 is 0 Å². The Bertz CT molecular complexity index is 1270. The number of aliphatic hydroxyl groups is 1. The first-order chi connectivity index (χ1) is 19.6. The second kappa shape index (κ2) is 12.0. The van der Waals surface area contributed by atoms with Crippen molar-refractivity contribution in [1.82, 2.24) is 20.5 Å². The van der Waals surface area contributed by atoms with Crippen LogP contribution in [-0.4, -0.2) is 88.6 Å². The van der Waals surface area contributed by atoms with Crippen LogP contribution < -0.4 is 15.4 Å². The molecule has 2 fully saturated rings. The fraction of sp³-hybridized carbons (Fsp3) is 0.533. The largest absolute Gasteiger partial charge is 0.493 e. The lowest BCUT2D eigenvalue weighted by Crippen LogP contribution is -2.51. The quantitative estimate of drug-likeness (QED) is 0.479. The smallest absolute Gasteiger partial charge is 0.411 e. The van der Waals surface area contributed by atoms with E-state index in [-0.39, 0.29) is 37.4 Å². The van der Waals surface area contributed by atoms with Crippen molar-refractivity contribution in [2.75, 3.05) is 19.7 Å². The average molecular weight is 567 g/mol. The molecule has 4 bridgehead atoms. The third-order valence-electron chi connectivity index (χ3n) is 7.56. The molecule has 1 aromatic carbocycles. The number of amides is 3. The summed E-state index contributed by atoms with van der Waals surface area (Å²) in [6.07, 6.45) is 3.24. The molecule has 2 saturated heterocycles. The number of nitrogens with one attached hydrogen (secondary N) is 2. The summed E-state index contributed by atoms with van der Waals surface area (Å²) in [5, 5.41) is 16.4. The number of pyridine rings is 1. The summed E-state index contributed by atoms with van der Waals surface area (Å²) in [7, 11) is 0. The first kappa shape index (κ1) is 28.8. The van der Waals surface area contributed by atoms with E-state index in [9.17, 15) is 19.5 Å². The fourth-order valence-electron chi connectivity index (χ4n) is 5.49. The highest BCUT2D eigenvalue weighted by molar-refractivity contribution is 5.98. The molecule has 11 heteroatoms. The van der Waals surface area contributed by atoms with Gasteiger partial charge in [-0.3, -0.25) is 19.5 Å². The Labute approximate surface area is 239 Å². The number of nitrogens with zero attached hydrogens (tertiary/aromatic N) is 2. The number of carbonyl (C=O) groups excluding carboxylic acids is 3. The molecule has 0 radical (unpaired) electrons. The van der Waals surface area contributed by atoms with Gasteiger partial charge >= 0.3 is 6.09 Å². The van der Waals surface area contributed by atoms with E-state index in [2.05, 4.69) is 15.6 Å². The van der Waals surface area contributed by atoms with Crippen LogP contribution in [0.2, 0.25) is 0 Å². The summed E-state index contributed by atoms with van der Waals surface area (Å²) >= 11 is 0. The topological polar surface area (TPSA) is 139 Å². The Balaban J connectivity index is 1.45. The van der Waals surface area contributed by atoms with Crippen LogP contribution in [0, 0.1) is 0 Å². The number of hydrogen-bond donors (Lipinski definition) is 3. The highest BCUT2D eigenvalue weighted by Gasteiger charge is 2.43. The second-order valence-electron chi connectivity index (χ2n) is 11.8. The van der Waals surface area contributed by atoms with Gasteiger partial charge in [-0.15, -0.1) is 0 Å². The molecule has 4 heterocycles. The molecule has 3 aliphatic rings. The molecular formula is C30H38N4O7. The van der Waals surface area contributed by atoms with Crippen LogP contribution in [0.3, 0.4) is 0 Å². The lowest BCUT2D eigenvalue weighted by Gasteiger charge is -2.34. The molecule has 3 aliphatic heterocycles. The molecular weight excluding hydrogens is 528 g/mol. The highest BCUT2D eigenvalue weighted by atomic mass is 16.6. The lowest BCUT2D eigenvalue weighted by atomic mass is 9.99. The zero-order valence-electron chi connectivity index (χ0n) is 23.7. The van der Waals surface area contributed by atoms with Gasteiger partial charge < -0.3 is 30.0 Å². The number of aromatic nitrogens is 1. The van der Waals surface area contributed by atoms with Crippen LogP contribution in [0.1, 0.15) is 56.8 Å². The maximum Gasteiger partial charge on any atom is 0.411 e. The Morgan fingerprint density at radius 2 is 1.88 bits per heavy atom. The van der Waals surface area contributed by atoms with Crippen molar-refractivity contribution in [2.45, 2.75) is 82.5 Å². The maximum absolute atomic E-state index is 13.5. The normalized spacial score (nSPS) is 27.2. The van der Waals surface area contributed by atoms with E-state index in [4.69, 9.17) is 14.2 Å². The Kier molecular flexibility index (Phi) is 8.46. The average Bonchev–Trinajstić information content (AvgIpc) is 3.36. The fourth-order valence-corrected chi connectivity index (χ4v) is 5.49. The summed E-state index contributed by atoms with van der Waals surface area (Å²) in [6.45, 7) is 5.78. The van der Waals surface area contributed by atoms with Crippen LogP contribution in [0.5, 0.6) is 5.75 Å². The van der Waals surface area contributed by atoms with E-state index in [0.29, 0.717) is 37.2 Å². The number of benzene rings is 1. The minimum absolute atomic E-state index is 0.102. The number of aliphatic hydroxyl groups excluding tert-OH is 1. The third kappa shape index (κ3) is 6.97. The molecule has 0 aliphatic carbocycles. The Morgan fingerprint density at radius 3 is 2.63 bits per heavy atom. The zero-order chi connectivity index (χ0) is 29.1. The van der Waals surface area contributed by atoms with Gasteiger partial charge in [-0.05, 0) is 75.4 Å². The Hall–Kier alpha value is -3.70. The van der Waals surface area contributed by atoms with Gasteiger partial charge in [-0.1, -0.05) is 6.07 Å². The molecule has 3 N–H and O–H groups in total. The molecule has 5 atom stereocenters. The number of ether oxygens (including phenoxy) is 3. The van der Waals surface area contributed by atoms with Crippen LogP contribution in [0.4, 0.5) is 4.79 Å². The second-order valence-corrected chi connectivity index (χ2v) is 11.8. The van der Waals surface area contributed by atoms with Gasteiger partial charge in [0.15, 0.2) is 0 Å². The van der Waals surface area contributed by atoms with E-state index in [1.807, 2.05) is 24.3 Å². The SMILES string of the molecule is CC(C)(C)OC(=O)N1C[C@@H]2C[C@H]1C(=O)NC[C@H]1O[C@H](CCOc3cc(-c4ccncc4)ccc3C(=O)N2)CC[C@@H]1O. The van der Waals surface area contributed by atoms with E-state index in [1.165, 1.54) is 4.90 Å².